The van der Waals surface area contributed by atoms with Gasteiger partial charge in [0, 0.05) is 141 Å². The highest BCUT2D eigenvalue weighted by Gasteiger charge is 2.18. The maximum atomic E-state index is 11.1. The first kappa shape index (κ1) is 134. The molecule has 15 N–H and O–H groups in total. The Balaban J connectivity index is -0.000000204. The number of unbranched alkanes of at least 4 members (excludes halogenated alkanes) is 2. The van der Waals surface area contributed by atoms with Crippen molar-refractivity contribution >= 4 is 94.2 Å². The van der Waals surface area contributed by atoms with Crippen LogP contribution in [0.15, 0.2) is 35.9 Å². The van der Waals surface area contributed by atoms with Crippen molar-refractivity contribution in [3.8, 4) is 0 Å². The van der Waals surface area contributed by atoms with Gasteiger partial charge in [0.15, 0.2) is 17.1 Å². The van der Waals surface area contributed by atoms with Gasteiger partial charge in [0.1, 0.15) is 24.9 Å². The van der Waals surface area contributed by atoms with Crippen LogP contribution < -0.4 is 52.5 Å². The smallest absolute Gasteiger partial charge is 0.318 e. The van der Waals surface area contributed by atoms with Crippen molar-refractivity contribution in [2.24, 2.45) is 95.9 Å². The van der Waals surface area contributed by atoms with Crippen LogP contribution in [0.3, 0.4) is 0 Å². The Morgan fingerprint density at radius 3 is 1.25 bits per heavy atom. The molecule has 1 rings (SSSR count). The molecule has 0 aliphatic carbocycles. The van der Waals surface area contributed by atoms with Crippen LogP contribution in [0.2, 0.25) is 0 Å². The lowest BCUT2D eigenvalue weighted by atomic mass is 9.89. The quantitative estimate of drug-likeness (QED) is 0.0126. The molecule has 1 aromatic rings. The Labute approximate surface area is 764 Å². The van der Waals surface area contributed by atoms with Gasteiger partial charge >= 0.3 is 10.2 Å². The summed E-state index contributed by atoms with van der Waals surface area (Å²) in [6.45, 7) is 62.0. The summed E-state index contributed by atoms with van der Waals surface area (Å²) >= 11 is 1.66. The fourth-order valence-electron chi connectivity index (χ4n) is 10.0. The van der Waals surface area contributed by atoms with Gasteiger partial charge in [0.25, 0.3) is 10.2 Å². The summed E-state index contributed by atoms with van der Waals surface area (Å²) in [7, 11) is 6.76. The van der Waals surface area contributed by atoms with Crippen LogP contribution in [0.5, 0.6) is 0 Å². The molecular formula is C88H192N20O12S4. The molecule has 32 nitrogen and oxygen atoms in total. The van der Waals surface area contributed by atoms with Gasteiger partial charge in [-0.3, -0.25) is 48.6 Å². The Bertz CT molecular complexity index is 3320. The largest absolute Gasteiger partial charge is 0.387 e. The zero-order valence-electron chi connectivity index (χ0n) is 85.6. The van der Waals surface area contributed by atoms with Gasteiger partial charge < -0.3 is 57.3 Å². The van der Waals surface area contributed by atoms with Crippen molar-refractivity contribution in [1.29, 1.82) is 0 Å². The van der Waals surface area contributed by atoms with Gasteiger partial charge in [0.2, 0.25) is 33.7 Å². The molecule has 1 heterocycles. The fourth-order valence-corrected chi connectivity index (χ4v) is 12.2. The molecular weight excluding hydrogens is 1660 g/mol. The topological polar surface area (TPSA) is 456 Å². The van der Waals surface area contributed by atoms with Crippen molar-refractivity contribution < 1.29 is 54.3 Å². The van der Waals surface area contributed by atoms with Crippen molar-refractivity contribution in [2.75, 3.05) is 141 Å². The molecule has 0 aliphatic rings. The normalized spacial score (nSPS) is 12.3. The first-order valence-electron chi connectivity index (χ1n) is 44.0. The third kappa shape index (κ3) is 123. The molecule has 0 fully saturated rings. The lowest BCUT2D eigenvalue weighted by Gasteiger charge is -2.20. The summed E-state index contributed by atoms with van der Waals surface area (Å²) in [5.41, 5.74) is 12.9. The fraction of sp³-hybridized carbons (Fsp3) is 0.875. The van der Waals surface area contributed by atoms with Crippen LogP contribution in [0.25, 0.3) is 0 Å². The average molecular weight is 1850 g/mol. The molecule has 0 radical (unpaired) electrons. The van der Waals surface area contributed by atoms with Gasteiger partial charge in [0.05, 0.1) is 13.4 Å². The second kappa shape index (κ2) is 73.1. The highest BCUT2D eigenvalue weighted by molar-refractivity contribution is 7.89. The van der Waals surface area contributed by atoms with Crippen molar-refractivity contribution in [1.82, 2.24) is 50.1 Å². The number of nitrogens with two attached hydrogens (primary N) is 4. The van der Waals surface area contributed by atoms with Gasteiger partial charge in [-0.1, -0.05) is 186 Å². The molecule has 0 bridgehead atoms. The number of ether oxygens (including phenoxy) is 1. The molecule has 0 saturated heterocycles. The number of aliphatic imine (C=N–C) groups is 4. The zero-order valence-corrected chi connectivity index (χ0v) is 88.8. The molecule has 740 valence electrons. The maximum absolute atomic E-state index is 11.1. The van der Waals surface area contributed by atoms with E-state index in [0.29, 0.717) is 94.4 Å². The number of hydrogen-bond acceptors (Lipinski definition) is 19. The van der Waals surface area contributed by atoms with Crippen LogP contribution in [-0.4, -0.2) is 238 Å². The number of carbonyl (C=O) groups excluding carboxylic acids is 3. The third-order valence-electron chi connectivity index (χ3n) is 16.5. The third-order valence-corrected chi connectivity index (χ3v) is 18.8. The van der Waals surface area contributed by atoms with Crippen molar-refractivity contribution in [3.63, 3.8) is 0 Å². The van der Waals surface area contributed by atoms with E-state index >= 15 is 0 Å². The number of nitrogens with zero attached hydrogens (tertiary/aromatic N) is 10. The molecule has 0 aromatic carbocycles. The van der Waals surface area contributed by atoms with E-state index in [1.807, 2.05) is 37.6 Å². The Hall–Kier alpha value is -5.76. The number of amides is 3. The molecule has 1 aromatic heterocycles. The van der Waals surface area contributed by atoms with E-state index < -0.39 is 37.0 Å². The number of amidine groups is 2. The maximum Gasteiger partial charge on any atom is 0.318 e. The molecule has 124 heavy (non-hydrogen) atoms. The minimum atomic E-state index is -3.79. The summed E-state index contributed by atoms with van der Waals surface area (Å²) < 4.78 is 78.4. The van der Waals surface area contributed by atoms with Crippen LogP contribution in [0, 0.1) is 49.7 Å². The van der Waals surface area contributed by atoms with E-state index in [-0.39, 0.29) is 35.7 Å². The number of sulfonamides is 1. The molecule has 3 amide bonds. The number of hydrogen-bond donors (Lipinski definition) is 11. The first-order valence-corrected chi connectivity index (χ1v) is 49.8. The lowest BCUT2D eigenvalue weighted by Crippen LogP contribution is -2.39. The van der Waals surface area contributed by atoms with Crippen LogP contribution in [0.4, 0.5) is 5.13 Å². The molecule has 0 atom stereocenters. The number of aliphatic hydroxyl groups excluding tert-OH is 1. The van der Waals surface area contributed by atoms with Gasteiger partial charge in [-0.25, -0.2) is 28.7 Å². The number of methoxy groups -OCH3 is 1. The molecule has 0 saturated carbocycles. The summed E-state index contributed by atoms with van der Waals surface area (Å²) in [6, 6.07) is 0. The highest BCUT2D eigenvalue weighted by Crippen LogP contribution is 2.26. The Kier molecular flexibility index (Phi) is 78.8. The molecule has 0 unspecified atom stereocenters. The second-order valence-corrected chi connectivity index (χ2v) is 45.8. The van der Waals surface area contributed by atoms with E-state index in [9.17, 15) is 39.6 Å². The number of carbonyl (C=O) groups is 3. The van der Waals surface area contributed by atoms with Crippen molar-refractivity contribution in [2.45, 2.75) is 321 Å². The minimum absolute atomic E-state index is 0.0266. The number of aromatic nitrogens is 1. The average Bonchev–Trinajstić information content (AvgIpc) is 0.980. The zero-order chi connectivity index (χ0) is 98.6. The van der Waals surface area contributed by atoms with E-state index in [0.717, 1.165) is 146 Å². The second-order valence-electron chi connectivity index (χ2n) is 40.7. The highest BCUT2D eigenvalue weighted by atomic mass is 32.2. The van der Waals surface area contributed by atoms with E-state index in [4.69, 9.17) is 31.7 Å². The Morgan fingerprint density at radius 2 is 0.911 bits per heavy atom. The van der Waals surface area contributed by atoms with Gasteiger partial charge in [-0.15, -0.1) is 15.7 Å². The van der Waals surface area contributed by atoms with E-state index in [1.165, 1.54) is 51.9 Å². The van der Waals surface area contributed by atoms with Crippen LogP contribution in [0.1, 0.15) is 321 Å². The predicted molar refractivity (Wildman–Crippen MR) is 531 cm³/mol. The number of guanidine groups is 3. The monoisotopic (exact) mass is 1850 g/mol. The minimum Gasteiger partial charge on any atom is -0.387 e. The molecule has 0 spiro atoms. The summed E-state index contributed by atoms with van der Waals surface area (Å²) in [5, 5.41) is 34.5. The van der Waals surface area contributed by atoms with Crippen LogP contribution >= 0.6 is 11.3 Å². The lowest BCUT2D eigenvalue weighted by molar-refractivity contribution is -0.173. The Morgan fingerprint density at radius 1 is 0.516 bits per heavy atom. The SMILES string of the molecule is CC(C)(C)CCCN=C(N)N.CC(C)(C)CCCNc1nccs1.CC(C)CCCNC(=O)CO.CN(C)C(=NCCCC(C)(C)C)NS(C)(=O)=O.CN(C)C(CCCCC(C)(C)C)=NS(N)(=O)=O.CN=C(CCCCC(C)(C)C)NS(N)(=O)=O.CN=C(NCCCC(C)(C)C)N(C)C.COCC(=O)NCCCC(C)(C)C.CON(CCCC(C)C)C(C)=O. The van der Waals surface area contributed by atoms with Crippen molar-refractivity contribution in [3.05, 3.63) is 11.6 Å². The van der Waals surface area contributed by atoms with E-state index in [1.54, 1.807) is 56.4 Å². The number of aliphatic hydroxyl groups is 1. The number of rotatable bonds is 39. The molecule has 0 aliphatic heterocycles. The van der Waals surface area contributed by atoms with Gasteiger partial charge in [-0.2, -0.15) is 16.8 Å². The van der Waals surface area contributed by atoms with Crippen LogP contribution in [-0.2, 0) is 54.4 Å². The number of anilines is 1. The van der Waals surface area contributed by atoms with Gasteiger partial charge in [-0.05, 0) is 165 Å². The summed E-state index contributed by atoms with van der Waals surface area (Å²) in [6.07, 6.45) is 25.9. The number of thiazole rings is 1. The standard InChI is InChI=1S/2C11H25N3O2S.C11H25N3.C10H23N3O2S.C10H18N2S.C10H21NO2.C9H19NO2.C8H19N3.C8H17NO2/c1-11(2,3)8-7-9-12-10(14(4)5)13-17(6,15)16;1-11(2,3)9-7-6-8-10(14(4)5)13-17(12,15)16;1-11(2,3)8-7-9-13-10(12-4)14(5)6;1-10(2,3)8-6-5-7-9(12-4)13-16(11,14)15;1-10(2,3)5-4-6-11-9-12-7-8-13-9;1-10(2,3)6-5-7-11-9(12)8-13-4;1-8(2)6-5-7-10(12-4)9(3)11;1-8(2,3)5-4-6-11-7(9)10;1-7(2)4-3-5-9-8(11)6-10/h7-9H2,1-6H3,(H,12,13);6-9H2,1-5H3,(H2,12,15,16);7-9H2,1-6H3,(H,12,13);5-8H2,1-4H3,(H,12,13)(H2,11,14,15);7-8H,4-6H2,1-3H3,(H,11,12);5-8H2,1-4H3,(H,11,12);8H,5-7H2,1-4H3;4-6H2,1-3H3,(H4,9,10,11);7,10H,3-6H2,1-2H3,(H,9,11). The molecule has 36 heteroatoms. The predicted octanol–water partition coefficient (Wildman–Crippen LogP) is 14.8. The number of nitrogens with one attached hydrogen (secondary N) is 6. The van der Waals surface area contributed by atoms with E-state index in [2.05, 4.69) is 238 Å². The summed E-state index contributed by atoms with van der Waals surface area (Å²) in [5.74, 6) is 3.51. The summed E-state index contributed by atoms with van der Waals surface area (Å²) in [4.78, 5) is 62.8. The number of hydroxylamine groups is 2. The first-order chi connectivity index (χ1) is 56.2.